The lowest BCUT2D eigenvalue weighted by Gasteiger charge is -2.10. The fraction of sp³-hybridized carbons (Fsp3) is 0.231. The molecule has 0 aromatic heterocycles. The van der Waals surface area contributed by atoms with Crippen LogP contribution in [-0.2, 0) is 6.42 Å². The van der Waals surface area contributed by atoms with Crippen LogP contribution in [0.5, 0.6) is 0 Å². The van der Waals surface area contributed by atoms with Gasteiger partial charge in [-0.2, -0.15) is 0 Å². The van der Waals surface area contributed by atoms with Crippen molar-refractivity contribution in [1.29, 1.82) is 0 Å². The molecule has 0 saturated heterocycles. The summed E-state index contributed by atoms with van der Waals surface area (Å²) in [6, 6.07) is 12.5. The third kappa shape index (κ3) is 2.36. The molecule has 2 aromatic carbocycles. The molecule has 0 aliphatic carbocycles. The van der Waals surface area contributed by atoms with Crippen molar-refractivity contribution < 1.29 is 8.78 Å². The molecule has 84 valence electrons. The molecule has 0 radical (unpaired) electrons. The van der Waals surface area contributed by atoms with Crippen molar-refractivity contribution in [1.82, 2.24) is 0 Å². The zero-order chi connectivity index (χ0) is 11.5. The summed E-state index contributed by atoms with van der Waals surface area (Å²) < 4.78 is 24.6. The van der Waals surface area contributed by atoms with E-state index in [9.17, 15) is 8.78 Å². The summed E-state index contributed by atoms with van der Waals surface area (Å²) in [4.78, 5) is 0. The first kappa shape index (κ1) is 11.0. The van der Waals surface area contributed by atoms with Crippen molar-refractivity contribution in [2.45, 2.75) is 18.9 Å². The largest absolute Gasteiger partial charge is 0.323 e. The average molecular weight is 221 g/mol. The van der Waals surface area contributed by atoms with Gasteiger partial charge in [-0.1, -0.05) is 42.5 Å². The quantitative estimate of drug-likeness (QED) is 0.847. The van der Waals surface area contributed by atoms with Crippen molar-refractivity contribution >= 4 is 10.8 Å². The van der Waals surface area contributed by atoms with Crippen LogP contribution in [0.3, 0.4) is 0 Å². The van der Waals surface area contributed by atoms with Gasteiger partial charge in [-0.25, -0.2) is 8.78 Å². The van der Waals surface area contributed by atoms with Crippen LogP contribution in [0.15, 0.2) is 42.5 Å². The molecule has 0 bridgehead atoms. The Labute approximate surface area is 92.9 Å². The summed E-state index contributed by atoms with van der Waals surface area (Å²) in [6.07, 6.45) is -2.26. The normalized spacial score (nSPS) is 13.2. The highest BCUT2D eigenvalue weighted by Crippen LogP contribution is 2.17. The molecule has 2 aromatic rings. The van der Waals surface area contributed by atoms with Gasteiger partial charge in [-0.05, 0) is 22.8 Å². The van der Waals surface area contributed by atoms with E-state index in [1.165, 1.54) is 0 Å². The Bertz CT molecular complexity index is 482. The Kier molecular flexibility index (Phi) is 3.15. The number of alkyl halides is 2. The maximum absolute atomic E-state index is 12.3. The van der Waals surface area contributed by atoms with Crippen LogP contribution in [-0.4, -0.2) is 12.5 Å². The minimum absolute atomic E-state index is 0.211. The van der Waals surface area contributed by atoms with Crippen molar-refractivity contribution in [3.05, 3.63) is 48.0 Å². The Morgan fingerprint density at radius 3 is 2.38 bits per heavy atom. The molecule has 1 nitrogen and oxygen atoms in total. The molecule has 1 unspecified atom stereocenters. The smallest absolute Gasteiger partial charge is 0.253 e. The number of fused-ring (bicyclic) bond motifs is 1. The first-order chi connectivity index (χ1) is 7.66. The van der Waals surface area contributed by atoms with E-state index in [1.807, 2.05) is 42.5 Å². The maximum atomic E-state index is 12.3. The second-order valence-corrected chi connectivity index (χ2v) is 3.88. The number of halogens is 2. The van der Waals surface area contributed by atoms with E-state index in [0.717, 1.165) is 16.3 Å². The molecule has 0 heterocycles. The Balaban J connectivity index is 2.26. The Morgan fingerprint density at radius 1 is 1.00 bits per heavy atom. The average Bonchev–Trinajstić information content (AvgIpc) is 2.28. The minimum atomic E-state index is -2.47. The zero-order valence-electron chi connectivity index (χ0n) is 8.74. The molecule has 0 fully saturated rings. The summed E-state index contributed by atoms with van der Waals surface area (Å²) in [5.74, 6) is 0. The number of nitrogens with two attached hydrogens (primary N) is 1. The lowest BCUT2D eigenvalue weighted by atomic mass is 10.0. The van der Waals surface area contributed by atoms with Gasteiger partial charge in [0.1, 0.15) is 0 Å². The van der Waals surface area contributed by atoms with Crippen LogP contribution in [0.4, 0.5) is 8.78 Å². The number of rotatable bonds is 3. The third-order valence-corrected chi connectivity index (χ3v) is 2.61. The monoisotopic (exact) mass is 221 g/mol. The topological polar surface area (TPSA) is 26.0 Å². The summed E-state index contributed by atoms with van der Waals surface area (Å²) >= 11 is 0. The first-order valence-electron chi connectivity index (χ1n) is 5.18. The van der Waals surface area contributed by atoms with E-state index in [-0.39, 0.29) is 6.42 Å². The highest BCUT2D eigenvalue weighted by atomic mass is 19.3. The van der Waals surface area contributed by atoms with Crippen LogP contribution in [0.1, 0.15) is 5.56 Å². The summed E-state index contributed by atoms with van der Waals surface area (Å²) in [6.45, 7) is 0. The molecule has 3 heteroatoms. The Morgan fingerprint density at radius 2 is 1.69 bits per heavy atom. The van der Waals surface area contributed by atoms with Gasteiger partial charge in [-0.15, -0.1) is 0 Å². The van der Waals surface area contributed by atoms with Gasteiger partial charge >= 0.3 is 0 Å². The van der Waals surface area contributed by atoms with E-state index in [2.05, 4.69) is 0 Å². The highest BCUT2D eigenvalue weighted by Gasteiger charge is 2.15. The maximum Gasteiger partial charge on any atom is 0.253 e. The van der Waals surface area contributed by atoms with Crippen LogP contribution in [0, 0.1) is 0 Å². The van der Waals surface area contributed by atoms with Crippen LogP contribution in [0.2, 0.25) is 0 Å². The van der Waals surface area contributed by atoms with E-state index in [0.29, 0.717) is 0 Å². The lowest BCUT2D eigenvalue weighted by molar-refractivity contribution is 0.116. The van der Waals surface area contributed by atoms with Crippen LogP contribution >= 0.6 is 0 Å². The van der Waals surface area contributed by atoms with Crippen molar-refractivity contribution in [3.63, 3.8) is 0 Å². The number of hydrogen-bond donors (Lipinski definition) is 1. The molecular weight excluding hydrogens is 208 g/mol. The predicted molar refractivity (Wildman–Crippen MR) is 61.6 cm³/mol. The molecular formula is C13H13F2N. The van der Waals surface area contributed by atoms with E-state index < -0.39 is 12.5 Å². The second kappa shape index (κ2) is 4.58. The van der Waals surface area contributed by atoms with Crippen LogP contribution < -0.4 is 5.73 Å². The van der Waals surface area contributed by atoms with Gasteiger partial charge in [0, 0.05) is 0 Å². The third-order valence-electron chi connectivity index (χ3n) is 2.61. The predicted octanol–water partition coefficient (Wildman–Crippen LogP) is 2.97. The molecule has 1 atom stereocenters. The fourth-order valence-electron chi connectivity index (χ4n) is 1.73. The SMILES string of the molecule is NC(Cc1ccc2ccccc2c1)C(F)F. The standard InChI is InChI=1S/C13H13F2N/c14-13(15)12(16)8-9-5-6-10-3-1-2-4-11(10)7-9/h1-7,12-13H,8,16H2. The second-order valence-electron chi connectivity index (χ2n) is 3.88. The molecule has 0 aliphatic rings. The van der Waals surface area contributed by atoms with Gasteiger partial charge in [0.25, 0.3) is 6.43 Å². The molecule has 0 aliphatic heterocycles. The van der Waals surface area contributed by atoms with Crippen molar-refractivity contribution in [2.24, 2.45) is 5.73 Å². The summed E-state index contributed by atoms with van der Waals surface area (Å²) in [5, 5.41) is 2.17. The highest BCUT2D eigenvalue weighted by molar-refractivity contribution is 5.82. The molecule has 2 rings (SSSR count). The van der Waals surface area contributed by atoms with Gasteiger partial charge in [0.15, 0.2) is 0 Å². The van der Waals surface area contributed by atoms with Gasteiger partial charge in [-0.3, -0.25) is 0 Å². The molecule has 0 saturated carbocycles. The van der Waals surface area contributed by atoms with Crippen molar-refractivity contribution in [2.75, 3.05) is 0 Å². The van der Waals surface area contributed by atoms with E-state index >= 15 is 0 Å². The van der Waals surface area contributed by atoms with E-state index in [1.54, 1.807) is 0 Å². The molecule has 0 amide bonds. The molecule has 16 heavy (non-hydrogen) atoms. The fourth-order valence-corrected chi connectivity index (χ4v) is 1.73. The Hall–Kier alpha value is -1.48. The molecule has 0 spiro atoms. The minimum Gasteiger partial charge on any atom is -0.323 e. The van der Waals surface area contributed by atoms with Gasteiger partial charge in [0.05, 0.1) is 6.04 Å². The van der Waals surface area contributed by atoms with Gasteiger partial charge in [0.2, 0.25) is 0 Å². The van der Waals surface area contributed by atoms with Crippen LogP contribution in [0.25, 0.3) is 10.8 Å². The molecule has 2 N–H and O–H groups in total. The van der Waals surface area contributed by atoms with Gasteiger partial charge < -0.3 is 5.73 Å². The zero-order valence-corrected chi connectivity index (χ0v) is 8.74. The summed E-state index contributed by atoms with van der Waals surface area (Å²) in [5.41, 5.74) is 6.20. The number of hydrogen-bond acceptors (Lipinski definition) is 1. The lowest BCUT2D eigenvalue weighted by Crippen LogP contribution is -2.30. The van der Waals surface area contributed by atoms with E-state index in [4.69, 9.17) is 5.73 Å². The summed E-state index contributed by atoms with van der Waals surface area (Å²) in [7, 11) is 0. The van der Waals surface area contributed by atoms with Crippen molar-refractivity contribution in [3.8, 4) is 0 Å². The number of benzene rings is 2. The first-order valence-corrected chi connectivity index (χ1v) is 5.18.